The van der Waals surface area contributed by atoms with E-state index >= 15 is 0 Å². The van der Waals surface area contributed by atoms with Gasteiger partial charge in [0.15, 0.2) is 0 Å². The first-order chi connectivity index (χ1) is 16.6. The number of alkyl halides is 3. The van der Waals surface area contributed by atoms with Crippen LogP contribution in [0.3, 0.4) is 0 Å². The Morgan fingerprint density at radius 1 is 0.889 bits per heavy atom. The number of aromatic nitrogens is 2. The van der Waals surface area contributed by atoms with Gasteiger partial charge in [0.1, 0.15) is 4.90 Å². The molecule has 0 bridgehead atoms. The molecule has 2 heterocycles. The van der Waals surface area contributed by atoms with Gasteiger partial charge in [-0.2, -0.15) is 30.0 Å². The number of piperazine rings is 1. The molecule has 1 aliphatic rings. The lowest BCUT2D eigenvalue weighted by Crippen LogP contribution is -2.47. The van der Waals surface area contributed by atoms with Crippen molar-refractivity contribution in [3.63, 3.8) is 0 Å². The molecule has 0 unspecified atom stereocenters. The number of imidazole rings is 1. The topological polar surface area (TPSA) is 153 Å². The summed E-state index contributed by atoms with van der Waals surface area (Å²) in [5, 5.41) is 0. The lowest BCUT2D eigenvalue weighted by molar-refractivity contribution is -0.139. The maximum atomic E-state index is 13.4. The molecule has 0 aliphatic carbocycles. The van der Waals surface area contributed by atoms with E-state index in [4.69, 9.17) is 4.55 Å². The fourth-order valence-corrected chi connectivity index (χ4v) is 5.34. The highest BCUT2D eigenvalue weighted by atomic mass is 32.2. The van der Waals surface area contributed by atoms with Crippen molar-refractivity contribution in [2.24, 2.45) is 0 Å². The summed E-state index contributed by atoms with van der Waals surface area (Å²) < 4.78 is 105. The molecule has 16 heteroatoms. The zero-order valence-corrected chi connectivity index (χ0v) is 20.1. The van der Waals surface area contributed by atoms with Crippen molar-refractivity contribution >= 4 is 37.0 Å². The highest BCUT2D eigenvalue weighted by Crippen LogP contribution is 2.36. The van der Waals surface area contributed by atoms with E-state index in [-0.39, 0.29) is 17.1 Å². The van der Waals surface area contributed by atoms with Gasteiger partial charge in [0, 0.05) is 45.0 Å². The molecule has 4 rings (SSSR count). The second kappa shape index (κ2) is 9.19. The summed E-state index contributed by atoms with van der Waals surface area (Å²) in [6.45, 7) is 2.06. The Hall–Kier alpha value is -2.92. The Balaban J connectivity index is 1.46. The molecular formula is C20H21F3N4O7S2. The second-order valence-electron chi connectivity index (χ2n) is 8.22. The molecule has 11 nitrogen and oxygen atoms in total. The van der Waals surface area contributed by atoms with Crippen LogP contribution in [-0.4, -0.2) is 73.1 Å². The van der Waals surface area contributed by atoms with E-state index in [1.54, 1.807) is 4.90 Å². The molecule has 0 spiro atoms. The van der Waals surface area contributed by atoms with Crippen molar-refractivity contribution in [3.8, 4) is 0 Å². The zero-order chi connectivity index (χ0) is 26.5. The minimum Gasteiger partial charge on any atom is -0.369 e. The van der Waals surface area contributed by atoms with Crippen LogP contribution >= 0.6 is 0 Å². The van der Waals surface area contributed by atoms with Crippen LogP contribution < -0.4 is 10.6 Å². The van der Waals surface area contributed by atoms with Crippen LogP contribution in [0.5, 0.6) is 0 Å². The number of hydrogen-bond donors (Lipinski definition) is 3. The van der Waals surface area contributed by atoms with Gasteiger partial charge in [0.25, 0.3) is 20.2 Å². The largest absolute Gasteiger partial charge is 0.417 e. The van der Waals surface area contributed by atoms with Crippen LogP contribution in [0.4, 0.5) is 18.9 Å². The summed E-state index contributed by atoms with van der Waals surface area (Å²) >= 11 is 0. The first-order valence-electron chi connectivity index (χ1n) is 10.5. The van der Waals surface area contributed by atoms with Crippen LogP contribution in [-0.2, 0) is 33.0 Å². The first-order valence-corrected chi connectivity index (χ1v) is 13.4. The summed E-state index contributed by atoms with van der Waals surface area (Å²) in [7, 11) is -9.51. The van der Waals surface area contributed by atoms with Gasteiger partial charge in [0.2, 0.25) is 0 Å². The first kappa shape index (κ1) is 26.2. The number of aromatic amines is 1. The summed E-state index contributed by atoms with van der Waals surface area (Å²) in [4.78, 5) is 17.0. The third kappa shape index (κ3) is 5.41. The third-order valence-corrected chi connectivity index (χ3v) is 7.73. The van der Waals surface area contributed by atoms with Gasteiger partial charge in [-0.05, 0) is 36.4 Å². The standard InChI is InChI=1S/C20H21F3N4O7S2/c21-20(22,23)15-11-13(1-4-18(15)36(32,33)34)26-8-5-25(6-9-26)7-10-27-17-12-14(35(29,30)31)2-3-16(17)24-19(27)28/h1-4,11-12H,5-10H2,(H,24,28)(H,29,30,31)(H,32,33,34). The van der Waals surface area contributed by atoms with E-state index in [1.807, 2.05) is 4.90 Å². The highest BCUT2D eigenvalue weighted by molar-refractivity contribution is 7.86. The SMILES string of the molecule is O=c1[nH]c2ccc(S(=O)(=O)O)cc2n1CCN1CCN(c2ccc(S(=O)(=O)O)c(C(F)(F)F)c2)CC1. The van der Waals surface area contributed by atoms with Crippen molar-refractivity contribution in [1.82, 2.24) is 14.5 Å². The van der Waals surface area contributed by atoms with Crippen molar-refractivity contribution < 1.29 is 39.1 Å². The molecule has 36 heavy (non-hydrogen) atoms. The Kier molecular flexibility index (Phi) is 6.67. The number of H-pyrrole nitrogens is 1. The van der Waals surface area contributed by atoms with E-state index in [2.05, 4.69) is 4.98 Å². The van der Waals surface area contributed by atoms with Crippen LogP contribution in [0.25, 0.3) is 11.0 Å². The van der Waals surface area contributed by atoms with Gasteiger partial charge in [-0.3, -0.25) is 18.6 Å². The second-order valence-corrected chi connectivity index (χ2v) is 11.0. The van der Waals surface area contributed by atoms with E-state index in [0.717, 1.165) is 6.07 Å². The summed E-state index contributed by atoms with van der Waals surface area (Å²) in [5.41, 5.74) is -1.07. The minimum absolute atomic E-state index is 0.153. The molecule has 1 aromatic heterocycles. The molecule has 0 amide bonds. The average Bonchev–Trinajstić information content (AvgIpc) is 3.10. The van der Waals surface area contributed by atoms with Gasteiger partial charge in [-0.1, -0.05) is 0 Å². The molecule has 0 atom stereocenters. The van der Waals surface area contributed by atoms with Crippen LogP contribution in [0.2, 0.25) is 0 Å². The number of halogens is 3. The van der Waals surface area contributed by atoms with Crippen molar-refractivity contribution in [2.75, 3.05) is 37.6 Å². The van der Waals surface area contributed by atoms with Crippen molar-refractivity contribution in [3.05, 3.63) is 52.4 Å². The van der Waals surface area contributed by atoms with Crippen LogP contribution in [0, 0.1) is 0 Å². The number of hydrogen-bond acceptors (Lipinski definition) is 7. The van der Waals surface area contributed by atoms with Crippen molar-refractivity contribution in [2.45, 2.75) is 22.5 Å². The maximum absolute atomic E-state index is 13.4. The number of nitrogens with zero attached hydrogens (tertiary/aromatic N) is 3. The van der Waals surface area contributed by atoms with Gasteiger partial charge in [-0.25, -0.2) is 4.79 Å². The highest BCUT2D eigenvalue weighted by Gasteiger charge is 2.37. The molecular weight excluding hydrogens is 529 g/mol. The Labute approximate surface area is 203 Å². The number of benzene rings is 2. The quantitative estimate of drug-likeness (QED) is 0.389. The Morgan fingerprint density at radius 2 is 1.56 bits per heavy atom. The van der Waals surface area contributed by atoms with E-state index < -0.39 is 42.6 Å². The predicted molar refractivity (Wildman–Crippen MR) is 122 cm³/mol. The molecule has 196 valence electrons. The number of anilines is 1. The molecule has 3 aromatic rings. The van der Waals surface area contributed by atoms with Crippen LogP contribution in [0.15, 0.2) is 51.0 Å². The van der Waals surface area contributed by atoms with Gasteiger partial charge >= 0.3 is 11.9 Å². The molecule has 1 fully saturated rings. The van der Waals surface area contributed by atoms with E-state index in [1.165, 1.54) is 28.8 Å². The fourth-order valence-electron chi connectivity index (χ4n) is 4.15. The smallest absolute Gasteiger partial charge is 0.369 e. The molecule has 3 N–H and O–H groups in total. The summed E-state index contributed by atoms with van der Waals surface area (Å²) in [5.74, 6) is 0. The number of rotatable bonds is 6. The number of fused-ring (bicyclic) bond motifs is 1. The lowest BCUT2D eigenvalue weighted by atomic mass is 10.1. The summed E-state index contributed by atoms with van der Waals surface area (Å²) in [6.07, 6.45) is -4.98. The maximum Gasteiger partial charge on any atom is 0.417 e. The number of nitrogens with one attached hydrogen (secondary N) is 1. The van der Waals surface area contributed by atoms with Crippen LogP contribution in [0.1, 0.15) is 5.56 Å². The normalized spacial score (nSPS) is 16.1. The van der Waals surface area contributed by atoms with E-state index in [9.17, 15) is 39.4 Å². The molecule has 0 radical (unpaired) electrons. The predicted octanol–water partition coefficient (Wildman–Crippen LogP) is 1.66. The van der Waals surface area contributed by atoms with Gasteiger partial charge in [-0.15, -0.1) is 0 Å². The minimum atomic E-state index is -5.06. The van der Waals surface area contributed by atoms with Gasteiger partial charge in [0.05, 0.1) is 21.5 Å². The Bertz CT molecular complexity index is 1570. The molecule has 0 saturated carbocycles. The van der Waals surface area contributed by atoms with E-state index in [0.29, 0.717) is 49.8 Å². The molecule has 1 saturated heterocycles. The van der Waals surface area contributed by atoms with Gasteiger partial charge < -0.3 is 9.88 Å². The zero-order valence-electron chi connectivity index (χ0n) is 18.4. The van der Waals surface area contributed by atoms with Crippen molar-refractivity contribution in [1.29, 1.82) is 0 Å². The third-order valence-electron chi connectivity index (χ3n) is 5.97. The molecule has 2 aromatic carbocycles. The summed E-state index contributed by atoms with van der Waals surface area (Å²) in [6, 6.07) is 6.35. The fraction of sp³-hybridized carbons (Fsp3) is 0.350. The average molecular weight is 551 g/mol. The molecule has 1 aliphatic heterocycles. The monoisotopic (exact) mass is 550 g/mol. The Morgan fingerprint density at radius 3 is 2.14 bits per heavy atom. The lowest BCUT2D eigenvalue weighted by Gasteiger charge is -2.36.